The van der Waals surface area contributed by atoms with Gasteiger partial charge in [0.25, 0.3) is 10.1 Å². The highest BCUT2D eigenvalue weighted by Gasteiger charge is 2.13. The number of azo groups is 1. The number of rotatable bonds is 3. The van der Waals surface area contributed by atoms with E-state index in [0.717, 1.165) is 5.56 Å². The van der Waals surface area contributed by atoms with E-state index in [0.29, 0.717) is 16.5 Å². The maximum absolute atomic E-state index is 11.2. The summed E-state index contributed by atoms with van der Waals surface area (Å²) in [5.74, 6) is -0.0713. The number of nitrogens with zero attached hydrogens (tertiary/aromatic N) is 2. The van der Waals surface area contributed by atoms with Crippen molar-refractivity contribution in [1.82, 2.24) is 0 Å². The van der Waals surface area contributed by atoms with Crippen LogP contribution in [0.25, 0.3) is 10.8 Å². The standard InChI is InChI=1S/C17H14N2O4S/c1-11-2-5-13(6-3-11)18-19-17-15-8-7-14(24(21,22)23)10-12(15)4-9-16(17)20/h2-10,20H,1H3,(H,21,22,23)/b19-18+. The van der Waals surface area contributed by atoms with E-state index in [2.05, 4.69) is 10.2 Å². The maximum Gasteiger partial charge on any atom is 0.294 e. The Morgan fingerprint density at radius 2 is 1.62 bits per heavy atom. The van der Waals surface area contributed by atoms with Gasteiger partial charge in [-0.25, -0.2) is 0 Å². The number of benzene rings is 3. The van der Waals surface area contributed by atoms with E-state index in [1.54, 1.807) is 18.2 Å². The minimum Gasteiger partial charge on any atom is -0.506 e. The molecule has 3 aromatic rings. The molecule has 0 unspecified atom stereocenters. The summed E-state index contributed by atoms with van der Waals surface area (Å²) >= 11 is 0. The first-order valence-electron chi connectivity index (χ1n) is 7.06. The van der Waals surface area contributed by atoms with Crippen molar-refractivity contribution in [1.29, 1.82) is 0 Å². The molecule has 0 aromatic heterocycles. The number of hydrogen-bond donors (Lipinski definition) is 2. The van der Waals surface area contributed by atoms with Gasteiger partial charge in [-0.15, -0.1) is 5.11 Å². The van der Waals surface area contributed by atoms with E-state index < -0.39 is 10.1 Å². The molecule has 6 nitrogen and oxygen atoms in total. The van der Waals surface area contributed by atoms with Gasteiger partial charge in [-0.3, -0.25) is 4.55 Å². The van der Waals surface area contributed by atoms with Gasteiger partial charge in [0.1, 0.15) is 11.4 Å². The second-order valence-corrected chi connectivity index (χ2v) is 6.75. The average Bonchev–Trinajstić information content (AvgIpc) is 2.54. The van der Waals surface area contributed by atoms with E-state index in [9.17, 15) is 13.5 Å². The van der Waals surface area contributed by atoms with Crippen molar-refractivity contribution < 1.29 is 18.1 Å². The Morgan fingerprint density at radius 3 is 2.29 bits per heavy atom. The number of fused-ring (bicyclic) bond motifs is 1. The van der Waals surface area contributed by atoms with Crippen LogP contribution in [0.15, 0.2) is 69.7 Å². The molecule has 0 aliphatic heterocycles. The third-order valence-electron chi connectivity index (χ3n) is 3.54. The Morgan fingerprint density at radius 1 is 0.917 bits per heavy atom. The molecule has 7 heteroatoms. The van der Waals surface area contributed by atoms with Gasteiger partial charge >= 0.3 is 0 Å². The van der Waals surface area contributed by atoms with Crippen molar-refractivity contribution in [2.75, 3.05) is 0 Å². The van der Waals surface area contributed by atoms with Crippen LogP contribution in [0.5, 0.6) is 5.75 Å². The summed E-state index contributed by atoms with van der Waals surface area (Å²) < 4.78 is 31.6. The highest BCUT2D eigenvalue weighted by atomic mass is 32.2. The Balaban J connectivity index is 2.10. The zero-order valence-corrected chi connectivity index (χ0v) is 13.5. The van der Waals surface area contributed by atoms with Crippen molar-refractivity contribution in [3.8, 4) is 5.75 Å². The fraction of sp³-hybridized carbons (Fsp3) is 0.0588. The molecule has 122 valence electrons. The van der Waals surface area contributed by atoms with Gasteiger partial charge in [-0.05, 0) is 42.6 Å². The zero-order valence-electron chi connectivity index (χ0n) is 12.7. The summed E-state index contributed by atoms with van der Waals surface area (Å²) in [6.07, 6.45) is 0. The van der Waals surface area contributed by atoms with Crippen molar-refractivity contribution in [3.05, 3.63) is 60.2 Å². The predicted molar refractivity (Wildman–Crippen MR) is 90.8 cm³/mol. The maximum atomic E-state index is 11.2. The predicted octanol–water partition coefficient (Wildman–Crippen LogP) is 4.52. The van der Waals surface area contributed by atoms with Gasteiger partial charge in [0.05, 0.1) is 10.6 Å². The Hall–Kier alpha value is -2.77. The average molecular weight is 342 g/mol. The molecule has 0 amide bonds. The highest BCUT2D eigenvalue weighted by molar-refractivity contribution is 7.85. The summed E-state index contributed by atoms with van der Waals surface area (Å²) in [6.45, 7) is 1.96. The SMILES string of the molecule is Cc1ccc(/N=N/c2c(O)ccc3cc(S(=O)(=O)O)ccc23)cc1. The van der Waals surface area contributed by atoms with Gasteiger partial charge in [0.15, 0.2) is 0 Å². The minimum absolute atomic E-state index is 0.0713. The van der Waals surface area contributed by atoms with Crippen LogP contribution < -0.4 is 0 Å². The van der Waals surface area contributed by atoms with Crippen molar-refractivity contribution in [2.24, 2.45) is 10.2 Å². The second-order valence-electron chi connectivity index (χ2n) is 5.33. The lowest BCUT2D eigenvalue weighted by Gasteiger charge is -2.05. The lowest BCUT2D eigenvalue weighted by Crippen LogP contribution is -1.97. The van der Waals surface area contributed by atoms with Crippen LogP contribution in [0.2, 0.25) is 0 Å². The van der Waals surface area contributed by atoms with Crippen LogP contribution in [0.1, 0.15) is 5.56 Å². The van der Waals surface area contributed by atoms with Crippen molar-refractivity contribution in [2.45, 2.75) is 11.8 Å². The summed E-state index contributed by atoms with van der Waals surface area (Å²) in [5, 5.41) is 19.3. The smallest absolute Gasteiger partial charge is 0.294 e. The van der Waals surface area contributed by atoms with E-state index in [4.69, 9.17) is 4.55 Å². The summed E-state index contributed by atoms with van der Waals surface area (Å²) in [4.78, 5) is -0.220. The summed E-state index contributed by atoms with van der Waals surface area (Å²) in [6, 6.07) is 14.4. The highest BCUT2D eigenvalue weighted by Crippen LogP contribution is 2.36. The lowest BCUT2D eigenvalue weighted by atomic mass is 10.1. The fourth-order valence-electron chi connectivity index (χ4n) is 2.26. The van der Waals surface area contributed by atoms with Crippen LogP contribution in [0, 0.1) is 6.92 Å². The van der Waals surface area contributed by atoms with Crippen molar-refractivity contribution in [3.63, 3.8) is 0 Å². The molecule has 0 aliphatic rings. The topological polar surface area (TPSA) is 99.3 Å². The molecule has 0 saturated heterocycles. The molecule has 2 N–H and O–H groups in total. The van der Waals surface area contributed by atoms with Gasteiger partial charge in [0, 0.05) is 5.39 Å². The third-order valence-corrected chi connectivity index (χ3v) is 4.39. The number of hydrogen-bond acceptors (Lipinski definition) is 5. The molecule has 0 aliphatic carbocycles. The first kappa shape index (κ1) is 16.1. The van der Waals surface area contributed by atoms with E-state index >= 15 is 0 Å². The molecular weight excluding hydrogens is 328 g/mol. The van der Waals surface area contributed by atoms with Crippen LogP contribution in [0.4, 0.5) is 11.4 Å². The fourth-order valence-corrected chi connectivity index (χ4v) is 2.78. The quantitative estimate of drug-likeness (QED) is 0.540. The van der Waals surface area contributed by atoms with Crippen LogP contribution in [0.3, 0.4) is 0 Å². The number of phenols is 1. The van der Waals surface area contributed by atoms with Crippen LogP contribution >= 0.6 is 0 Å². The van der Waals surface area contributed by atoms with Gasteiger partial charge in [0.2, 0.25) is 0 Å². The molecule has 0 spiro atoms. The molecule has 3 aromatic carbocycles. The molecule has 0 atom stereocenters. The van der Waals surface area contributed by atoms with Gasteiger partial charge in [-0.1, -0.05) is 29.8 Å². The Kier molecular flexibility index (Phi) is 4.04. The molecule has 0 bridgehead atoms. The number of aryl methyl sites for hydroxylation is 1. The largest absolute Gasteiger partial charge is 0.506 e. The molecule has 0 fully saturated rings. The number of aromatic hydroxyl groups is 1. The Labute approximate surface area is 138 Å². The molecule has 24 heavy (non-hydrogen) atoms. The minimum atomic E-state index is -4.29. The normalized spacial score (nSPS) is 12.1. The molecule has 0 radical (unpaired) electrons. The first-order valence-corrected chi connectivity index (χ1v) is 8.50. The van der Waals surface area contributed by atoms with Gasteiger partial charge < -0.3 is 5.11 Å². The molecular formula is C17H14N2O4S. The van der Waals surface area contributed by atoms with Crippen LogP contribution in [-0.4, -0.2) is 18.1 Å². The second kappa shape index (κ2) is 6.03. The molecule has 0 saturated carbocycles. The number of phenolic OH excluding ortho intramolecular Hbond substituents is 1. The molecule has 3 rings (SSSR count). The van der Waals surface area contributed by atoms with Crippen LogP contribution in [-0.2, 0) is 10.1 Å². The summed E-state index contributed by atoms with van der Waals surface area (Å²) in [7, 11) is -4.29. The molecule has 0 heterocycles. The monoisotopic (exact) mass is 342 g/mol. The summed E-state index contributed by atoms with van der Waals surface area (Å²) in [5.41, 5.74) is 1.96. The third kappa shape index (κ3) is 3.27. The van der Waals surface area contributed by atoms with E-state index in [1.807, 2.05) is 19.1 Å². The first-order chi connectivity index (χ1) is 11.3. The lowest BCUT2D eigenvalue weighted by molar-refractivity contribution is 0.477. The van der Waals surface area contributed by atoms with Gasteiger partial charge in [-0.2, -0.15) is 13.5 Å². The van der Waals surface area contributed by atoms with E-state index in [-0.39, 0.29) is 16.3 Å². The van der Waals surface area contributed by atoms with E-state index in [1.165, 1.54) is 24.3 Å². The van der Waals surface area contributed by atoms with Crippen molar-refractivity contribution >= 4 is 32.3 Å². The Bertz CT molecular complexity index is 1040. The zero-order chi connectivity index (χ0) is 17.3.